The summed E-state index contributed by atoms with van der Waals surface area (Å²) in [7, 11) is -3.73. The van der Waals surface area contributed by atoms with Gasteiger partial charge in [0.25, 0.3) is 0 Å². The predicted octanol–water partition coefficient (Wildman–Crippen LogP) is 2.36. The van der Waals surface area contributed by atoms with Crippen molar-refractivity contribution in [3.8, 4) is 5.69 Å². The molecule has 2 heterocycles. The van der Waals surface area contributed by atoms with E-state index >= 15 is 0 Å². The Kier molecular flexibility index (Phi) is 5.80. The van der Waals surface area contributed by atoms with Crippen LogP contribution < -0.4 is 5.32 Å². The largest absolute Gasteiger partial charge is 0.324 e. The molecule has 1 N–H and O–H groups in total. The van der Waals surface area contributed by atoms with Gasteiger partial charge in [0.2, 0.25) is 15.9 Å². The number of halogens is 1. The number of amides is 1. The molecule has 0 saturated carbocycles. The summed E-state index contributed by atoms with van der Waals surface area (Å²) in [6.07, 6.45) is 2.64. The minimum absolute atomic E-state index is 0.118. The summed E-state index contributed by atoms with van der Waals surface area (Å²) < 4.78 is 29.0. The van der Waals surface area contributed by atoms with E-state index in [2.05, 4.69) is 20.8 Å². The SMILES string of the molecule is O=C(Nc1ccccc1Cl)[C@H]1CCCN(S(=O)(=O)c2ccc(-n3cnnn3)cc2)C1. The number of piperidine rings is 1. The van der Waals surface area contributed by atoms with Crippen LogP contribution in [0.5, 0.6) is 0 Å². The number of hydrogen-bond donors (Lipinski definition) is 1. The lowest BCUT2D eigenvalue weighted by Crippen LogP contribution is -2.43. The molecule has 11 heteroatoms. The van der Waals surface area contributed by atoms with Crippen LogP contribution in [0.15, 0.2) is 59.8 Å². The number of benzene rings is 2. The summed E-state index contributed by atoms with van der Waals surface area (Å²) in [6.45, 7) is 0.486. The molecule has 1 atom stereocenters. The number of nitrogens with one attached hydrogen (secondary N) is 1. The van der Waals surface area contributed by atoms with E-state index < -0.39 is 15.9 Å². The highest BCUT2D eigenvalue weighted by Crippen LogP contribution is 2.27. The van der Waals surface area contributed by atoms with Crippen molar-refractivity contribution in [2.45, 2.75) is 17.7 Å². The number of carbonyl (C=O) groups excluding carboxylic acids is 1. The van der Waals surface area contributed by atoms with E-state index in [1.165, 1.54) is 27.4 Å². The van der Waals surface area contributed by atoms with Crippen LogP contribution in [0.25, 0.3) is 5.69 Å². The Hall–Kier alpha value is -2.82. The predicted molar refractivity (Wildman–Crippen MR) is 111 cm³/mol. The molecule has 0 aliphatic carbocycles. The van der Waals surface area contributed by atoms with Crippen LogP contribution in [-0.4, -0.2) is 51.9 Å². The van der Waals surface area contributed by atoms with Crippen molar-refractivity contribution >= 4 is 33.2 Å². The molecule has 1 fully saturated rings. The number of hydrogen-bond acceptors (Lipinski definition) is 6. The van der Waals surface area contributed by atoms with Crippen molar-refractivity contribution in [1.82, 2.24) is 24.5 Å². The topological polar surface area (TPSA) is 110 Å². The van der Waals surface area contributed by atoms with E-state index in [1.54, 1.807) is 36.4 Å². The number of anilines is 1. The van der Waals surface area contributed by atoms with Gasteiger partial charge in [0.15, 0.2) is 0 Å². The summed E-state index contributed by atoms with van der Waals surface area (Å²) in [6, 6.07) is 13.2. The Labute approximate surface area is 178 Å². The van der Waals surface area contributed by atoms with Gasteiger partial charge < -0.3 is 5.32 Å². The average Bonchev–Trinajstić information content (AvgIpc) is 3.30. The molecular formula is C19H19ClN6O3S. The van der Waals surface area contributed by atoms with Crippen molar-refractivity contribution in [3.05, 3.63) is 59.9 Å². The average molecular weight is 447 g/mol. The van der Waals surface area contributed by atoms with Crippen molar-refractivity contribution < 1.29 is 13.2 Å². The summed E-state index contributed by atoms with van der Waals surface area (Å²) >= 11 is 6.10. The van der Waals surface area contributed by atoms with Crippen molar-refractivity contribution in [1.29, 1.82) is 0 Å². The molecule has 30 heavy (non-hydrogen) atoms. The van der Waals surface area contributed by atoms with Gasteiger partial charge in [0.1, 0.15) is 6.33 Å². The summed E-state index contributed by atoms with van der Waals surface area (Å²) in [4.78, 5) is 12.9. The number of tetrazole rings is 1. The van der Waals surface area contributed by atoms with Gasteiger partial charge in [0.05, 0.1) is 27.2 Å². The van der Waals surface area contributed by atoms with Gasteiger partial charge in [0, 0.05) is 13.1 Å². The number of sulfonamides is 1. The highest BCUT2D eigenvalue weighted by Gasteiger charge is 2.33. The molecule has 156 valence electrons. The first-order chi connectivity index (χ1) is 14.4. The maximum Gasteiger partial charge on any atom is 0.243 e. The van der Waals surface area contributed by atoms with Crippen molar-refractivity contribution in [3.63, 3.8) is 0 Å². The van der Waals surface area contributed by atoms with Gasteiger partial charge in [-0.05, 0) is 59.7 Å². The fraction of sp³-hybridized carbons (Fsp3) is 0.263. The van der Waals surface area contributed by atoms with Gasteiger partial charge in [-0.25, -0.2) is 13.1 Å². The number of carbonyl (C=O) groups is 1. The first-order valence-corrected chi connectivity index (χ1v) is 11.2. The number of para-hydroxylation sites is 1. The van der Waals surface area contributed by atoms with Gasteiger partial charge in [-0.1, -0.05) is 23.7 Å². The molecule has 1 saturated heterocycles. The first kappa shape index (κ1) is 20.5. The third-order valence-corrected chi connectivity index (χ3v) is 7.18. The van der Waals surface area contributed by atoms with Crippen LogP contribution >= 0.6 is 11.6 Å². The van der Waals surface area contributed by atoms with Gasteiger partial charge >= 0.3 is 0 Å². The van der Waals surface area contributed by atoms with E-state index in [0.717, 1.165) is 0 Å². The maximum absolute atomic E-state index is 13.1. The molecule has 1 aliphatic heterocycles. The standard InChI is InChI=1S/C19H19ClN6O3S/c20-17-5-1-2-6-18(17)22-19(27)14-4-3-11-25(12-14)30(28,29)16-9-7-15(8-10-16)26-13-21-23-24-26/h1-2,5-10,13-14H,3-4,11-12H2,(H,22,27)/t14-/m0/s1. The second-order valence-corrected chi connectivity index (χ2v) is 9.26. The summed E-state index contributed by atoms with van der Waals surface area (Å²) in [5, 5.41) is 14.1. The lowest BCUT2D eigenvalue weighted by Gasteiger charge is -2.31. The molecule has 1 amide bonds. The van der Waals surface area contributed by atoms with Crippen LogP contribution in [0.3, 0.4) is 0 Å². The minimum Gasteiger partial charge on any atom is -0.324 e. The molecule has 1 aromatic heterocycles. The van der Waals surface area contributed by atoms with Gasteiger partial charge in [-0.3, -0.25) is 4.79 Å². The zero-order valence-electron chi connectivity index (χ0n) is 15.8. The number of nitrogens with zero attached hydrogens (tertiary/aromatic N) is 5. The minimum atomic E-state index is -3.73. The Morgan fingerprint density at radius 2 is 1.90 bits per heavy atom. The molecule has 0 unspecified atom stereocenters. The third-order valence-electron chi connectivity index (χ3n) is 4.97. The lowest BCUT2D eigenvalue weighted by atomic mass is 9.99. The molecule has 2 aromatic carbocycles. The zero-order valence-corrected chi connectivity index (χ0v) is 17.4. The molecular weight excluding hydrogens is 428 g/mol. The van der Waals surface area contributed by atoms with Crippen LogP contribution in [0, 0.1) is 5.92 Å². The maximum atomic E-state index is 13.1. The second kappa shape index (κ2) is 8.50. The highest BCUT2D eigenvalue weighted by atomic mass is 35.5. The molecule has 0 radical (unpaired) electrons. The zero-order chi connectivity index (χ0) is 21.1. The number of aromatic nitrogens is 4. The monoisotopic (exact) mass is 446 g/mol. The second-order valence-electron chi connectivity index (χ2n) is 6.92. The molecule has 0 bridgehead atoms. The molecule has 9 nitrogen and oxygen atoms in total. The number of rotatable bonds is 5. The van der Waals surface area contributed by atoms with Crippen LogP contribution in [0.4, 0.5) is 5.69 Å². The van der Waals surface area contributed by atoms with E-state index in [-0.39, 0.29) is 17.3 Å². The van der Waals surface area contributed by atoms with Crippen LogP contribution in [-0.2, 0) is 14.8 Å². The summed E-state index contributed by atoms with van der Waals surface area (Å²) in [5.74, 6) is -0.692. The van der Waals surface area contributed by atoms with E-state index in [1.807, 2.05) is 0 Å². The highest BCUT2D eigenvalue weighted by molar-refractivity contribution is 7.89. The van der Waals surface area contributed by atoms with Crippen LogP contribution in [0.2, 0.25) is 5.02 Å². The fourth-order valence-corrected chi connectivity index (χ4v) is 5.08. The van der Waals surface area contributed by atoms with Gasteiger partial charge in [-0.15, -0.1) is 5.10 Å². The van der Waals surface area contributed by atoms with Crippen LogP contribution in [0.1, 0.15) is 12.8 Å². The lowest BCUT2D eigenvalue weighted by molar-refractivity contribution is -0.120. The Balaban J connectivity index is 1.48. The Morgan fingerprint density at radius 3 is 2.60 bits per heavy atom. The smallest absolute Gasteiger partial charge is 0.243 e. The first-order valence-electron chi connectivity index (χ1n) is 9.34. The molecule has 4 rings (SSSR count). The summed E-state index contributed by atoms with van der Waals surface area (Å²) in [5.41, 5.74) is 1.16. The van der Waals surface area contributed by atoms with E-state index in [9.17, 15) is 13.2 Å². The quantitative estimate of drug-likeness (QED) is 0.644. The van der Waals surface area contributed by atoms with E-state index in [0.29, 0.717) is 35.8 Å². The third kappa shape index (κ3) is 4.20. The van der Waals surface area contributed by atoms with Gasteiger partial charge in [-0.2, -0.15) is 4.31 Å². The van der Waals surface area contributed by atoms with Crippen molar-refractivity contribution in [2.75, 3.05) is 18.4 Å². The Morgan fingerprint density at radius 1 is 1.13 bits per heavy atom. The van der Waals surface area contributed by atoms with E-state index in [4.69, 9.17) is 11.6 Å². The molecule has 1 aliphatic rings. The van der Waals surface area contributed by atoms with Crippen molar-refractivity contribution in [2.24, 2.45) is 5.92 Å². The molecule has 3 aromatic rings. The molecule has 0 spiro atoms. The Bertz CT molecular complexity index is 1140. The fourth-order valence-electron chi connectivity index (χ4n) is 3.37. The normalized spacial score (nSPS) is 17.6.